The predicted molar refractivity (Wildman–Crippen MR) is 56.1 cm³/mol. The van der Waals surface area contributed by atoms with Crippen LogP contribution in [-0.4, -0.2) is 24.9 Å². The Kier molecular flexibility index (Phi) is 2.61. The highest BCUT2D eigenvalue weighted by atomic mass is 16.5. The summed E-state index contributed by atoms with van der Waals surface area (Å²) in [4.78, 5) is 0. The second-order valence-electron chi connectivity index (χ2n) is 5.66. The maximum atomic E-state index is 9.59. The average molecular weight is 198 g/mol. The van der Waals surface area contributed by atoms with E-state index in [4.69, 9.17) is 4.74 Å². The Morgan fingerprint density at radius 1 is 1.21 bits per heavy atom. The first kappa shape index (κ1) is 10.4. The second-order valence-corrected chi connectivity index (χ2v) is 5.66. The molecule has 0 aromatic heterocycles. The number of aliphatic hydroxyl groups is 1. The average Bonchev–Trinajstić information content (AvgIpc) is 1.97. The molecular weight excluding hydrogens is 176 g/mol. The van der Waals surface area contributed by atoms with E-state index in [0.29, 0.717) is 17.9 Å². The molecule has 0 spiro atoms. The van der Waals surface area contributed by atoms with Crippen molar-refractivity contribution in [3.63, 3.8) is 0 Å². The first-order valence-electron chi connectivity index (χ1n) is 5.83. The van der Waals surface area contributed by atoms with Crippen LogP contribution < -0.4 is 0 Å². The molecule has 2 heteroatoms. The molecular formula is C12H22O2. The Balaban J connectivity index is 2.10. The molecule has 2 nitrogen and oxygen atoms in total. The molecule has 0 bridgehead atoms. The second kappa shape index (κ2) is 3.49. The van der Waals surface area contributed by atoms with Gasteiger partial charge in [0.05, 0.1) is 13.2 Å². The summed E-state index contributed by atoms with van der Waals surface area (Å²) in [6.45, 7) is 6.66. The summed E-state index contributed by atoms with van der Waals surface area (Å²) in [6.07, 6.45) is 4.92. The Hall–Kier alpha value is -0.0800. The van der Waals surface area contributed by atoms with Crippen molar-refractivity contribution in [3.05, 3.63) is 0 Å². The topological polar surface area (TPSA) is 29.5 Å². The highest BCUT2D eigenvalue weighted by molar-refractivity contribution is 5.06. The van der Waals surface area contributed by atoms with Crippen LogP contribution in [0.4, 0.5) is 0 Å². The molecule has 1 saturated carbocycles. The molecule has 0 atom stereocenters. The van der Waals surface area contributed by atoms with Crippen LogP contribution in [-0.2, 0) is 4.74 Å². The fraction of sp³-hybridized carbons (Fsp3) is 1.00. The summed E-state index contributed by atoms with van der Waals surface area (Å²) in [5.74, 6) is 0.711. The molecule has 0 aromatic carbocycles. The number of rotatable bonds is 4. The van der Waals surface area contributed by atoms with E-state index >= 15 is 0 Å². The fourth-order valence-electron chi connectivity index (χ4n) is 3.23. The largest absolute Gasteiger partial charge is 0.396 e. The third kappa shape index (κ3) is 1.31. The number of hydrogen-bond donors (Lipinski definition) is 1. The van der Waals surface area contributed by atoms with Crippen LogP contribution in [0.1, 0.15) is 39.5 Å². The summed E-state index contributed by atoms with van der Waals surface area (Å²) < 4.78 is 5.41. The SMILES string of the molecule is CC(C)CC1(C2(CO)CCC2)COC1. The van der Waals surface area contributed by atoms with Gasteiger partial charge in [0.15, 0.2) is 0 Å². The number of hydrogen-bond acceptors (Lipinski definition) is 2. The monoisotopic (exact) mass is 198 g/mol. The van der Waals surface area contributed by atoms with Crippen molar-refractivity contribution in [1.29, 1.82) is 0 Å². The predicted octanol–water partition coefficient (Wildman–Crippen LogP) is 2.21. The summed E-state index contributed by atoms with van der Waals surface area (Å²) in [5.41, 5.74) is 0.531. The third-order valence-corrected chi connectivity index (χ3v) is 4.29. The molecule has 0 aromatic rings. The maximum absolute atomic E-state index is 9.59. The van der Waals surface area contributed by atoms with Crippen molar-refractivity contribution in [1.82, 2.24) is 0 Å². The lowest BCUT2D eigenvalue weighted by Gasteiger charge is -2.60. The van der Waals surface area contributed by atoms with Crippen LogP contribution in [0.5, 0.6) is 0 Å². The molecule has 2 fully saturated rings. The molecule has 2 aliphatic rings. The zero-order valence-electron chi connectivity index (χ0n) is 9.38. The van der Waals surface area contributed by atoms with Crippen LogP contribution >= 0.6 is 0 Å². The minimum atomic E-state index is 0.218. The van der Waals surface area contributed by atoms with E-state index in [-0.39, 0.29) is 5.41 Å². The van der Waals surface area contributed by atoms with E-state index in [1.807, 2.05) is 0 Å². The fourth-order valence-corrected chi connectivity index (χ4v) is 3.23. The van der Waals surface area contributed by atoms with E-state index < -0.39 is 0 Å². The van der Waals surface area contributed by atoms with Gasteiger partial charge in [0.1, 0.15) is 0 Å². The van der Waals surface area contributed by atoms with Gasteiger partial charge in [-0.2, -0.15) is 0 Å². The van der Waals surface area contributed by atoms with E-state index in [9.17, 15) is 5.11 Å². The molecule has 0 amide bonds. The van der Waals surface area contributed by atoms with E-state index in [1.54, 1.807) is 0 Å². The Morgan fingerprint density at radius 3 is 2.07 bits per heavy atom. The van der Waals surface area contributed by atoms with Crippen molar-refractivity contribution in [3.8, 4) is 0 Å². The summed E-state index contributed by atoms with van der Waals surface area (Å²) in [6, 6.07) is 0. The molecule has 1 saturated heterocycles. The normalized spacial score (nSPS) is 28.3. The van der Waals surface area contributed by atoms with Crippen molar-refractivity contribution in [2.45, 2.75) is 39.5 Å². The Labute approximate surface area is 86.6 Å². The molecule has 1 aliphatic heterocycles. The summed E-state index contributed by atoms with van der Waals surface area (Å²) in [7, 11) is 0. The van der Waals surface area contributed by atoms with Crippen LogP contribution in [0.3, 0.4) is 0 Å². The molecule has 0 unspecified atom stereocenters. The van der Waals surface area contributed by atoms with Crippen molar-refractivity contribution < 1.29 is 9.84 Å². The Bertz CT molecular complexity index is 197. The molecule has 1 heterocycles. The van der Waals surface area contributed by atoms with E-state index in [0.717, 1.165) is 13.2 Å². The lowest BCUT2D eigenvalue weighted by molar-refractivity contribution is -0.231. The molecule has 1 N–H and O–H groups in total. The van der Waals surface area contributed by atoms with Crippen molar-refractivity contribution >= 4 is 0 Å². The minimum absolute atomic E-state index is 0.218. The highest BCUT2D eigenvalue weighted by Crippen LogP contribution is 2.59. The zero-order chi connectivity index (χ0) is 10.2. The first-order chi connectivity index (χ1) is 6.64. The van der Waals surface area contributed by atoms with Crippen LogP contribution in [0.25, 0.3) is 0 Å². The van der Waals surface area contributed by atoms with Gasteiger partial charge in [0, 0.05) is 17.4 Å². The molecule has 82 valence electrons. The standard InChI is InChI=1S/C12H22O2/c1-10(2)6-12(8-14-9-12)11(7-13)4-3-5-11/h10,13H,3-9H2,1-2H3. The highest BCUT2D eigenvalue weighted by Gasteiger charge is 2.58. The summed E-state index contributed by atoms with van der Waals surface area (Å²) >= 11 is 0. The van der Waals surface area contributed by atoms with Gasteiger partial charge in [-0.3, -0.25) is 0 Å². The van der Waals surface area contributed by atoms with Gasteiger partial charge >= 0.3 is 0 Å². The molecule has 1 aliphatic carbocycles. The molecule has 14 heavy (non-hydrogen) atoms. The lowest BCUT2D eigenvalue weighted by Crippen LogP contribution is -2.60. The van der Waals surface area contributed by atoms with Crippen LogP contribution in [0.2, 0.25) is 0 Å². The van der Waals surface area contributed by atoms with Gasteiger partial charge in [0.2, 0.25) is 0 Å². The van der Waals surface area contributed by atoms with Gasteiger partial charge in [-0.05, 0) is 25.2 Å². The van der Waals surface area contributed by atoms with Crippen LogP contribution in [0, 0.1) is 16.7 Å². The molecule has 0 radical (unpaired) electrons. The van der Waals surface area contributed by atoms with E-state index in [1.165, 1.54) is 25.7 Å². The maximum Gasteiger partial charge on any atom is 0.0551 e. The van der Waals surface area contributed by atoms with Gasteiger partial charge in [-0.25, -0.2) is 0 Å². The third-order valence-electron chi connectivity index (χ3n) is 4.29. The van der Waals surface area contributed by atoms with Gasteiger partial charge in [-0.1, -0.05) is 20.3 Å². The lowest BCUT2D eigenvalue weighted by atomic mass is 9.50. The van der Waals surface area contributed by atoms with E-state index in [2.05, 4.69) is 13.8 Å². The van der Waals surface area contributed by atoms with Crippen molar-refractivity contribution in [2.75, 3.05) is 19.8 Å². The molecule has 2 rings (SSSR count). The van der Waals surface area contributed by atoms with Gasteiger partial charge < -0.3 is 9.84 Å². The summed E-state index contributed by atoms with van der Waals surface area (Å²) in [5, 5.41) is 9.59. The minimum Gasteiger partial charge on any atom is -0.396 e. The van der Waals surface area contributed by atoms with Gasteiger partial charge in [-0.15, -0.1) is 0 Å². The quantitative estimate of drug-likeness (QED) is 0.750. The van der Waals surface area contributed by atoms with Crippen LogP contribution in [0.15, 0.2) is 0 Å². The smallest absolute Gasteiger partial charge is 0.0551 e. The first-order valence-corrected chi connectivity index (χ1v) is 5.83. The number of ether oxygens (including phenoxy) is 1. The number of aliphatic hydroxyl groups excluding tert-OH is 1. The van der Waals surface area contributed by atoms with Crippen molar-refractivity contribution in [2.24, 2.45) is 16.7 Å². The van der Waals surface area contributed by atoms with Gasteiger partial charge in [0.25, 0.3) is 0 Å². The Morgan fingerprint density at radius 2 is 1.86 bits per heavy atom. The zero-order valence-corrected chi connectivity index (χ0v) is 9.38.